The van der Waals surface area contributed by atoms with Gasteiger partial charge in [-0.1, -0.05) is 30.3 Å². The first-order valence-electron chi connectivity index (χ1n) is 9.39. The Morgan fingerprint density at radius 2 is 1.92 bits per heavy atom. The molecular formula is C21H24N2O2S. The molecule has 0 bridgehead atoms. The summed E-state index contributed by atoms with van der Waals surface area (Å²) < 4.78 is 0. The van der Waals surface area contributed by atoms with Gasteiger partial charge in [0.15, 0.2) is 5.78 Å². The second-order valence-corrected chi connectivity index (χ2v) is 8.04. The molecule has 1 saturated heterocycles. The summed E-state index contributed by atoms with van der Waals surface area (Å²) in [6.07, 6.45) is 2.66. The van der Waals surface area contributed by atoms with Gasteiger partial charge >= 0.3 is 0 Å². The molecule has 1 aromatic heterocycles. The zero-order chi connectivity index (χ0) is 17.9. The number of nitrogens with zero attached hydrogens (tertiary/aromatic N) is 2. The molecule has 1 unspecified atom stereocenters. The number of benzene rings is 1. The Morgan fingerprint density at radius 3 is 2.77 bits per heavy atom. The number of rotatable bonds is 5. The zero-order valence-electron chi connectivity index (χ0n) is 14.9. The van der Waals surface area contributed by atoms with Crippen LogP contribution in [0.4, 0.5) is 0 Å². The minimum atomic E-state index is 0.152. The normalized spacial score (nSPS) is 19.7. The van der Waals surface area contributed by atoms with Gasteiger partial charge in [0, 0.05) is 39.0 Å². The molecule has 4 rings (SSSR count). The molecule has 2 aliphatic rings. The standard InChI is InChI=1S/C21H24N2O2S/c24-19(20-8-4-14-26-20)7-3-9-21(25)23-13-12-22-11-10-16-5-1-2-6-17(16)18(22)15-23/h1-2,4-6,8,14,18H,3,7,9-13,15H2. The molecule has 1 aromatic carbocycles. The molecule has 1 fully saturated rings. The van der Waals surface area contributed by atoms with Crippen molar-refractivity contribution in [1.82, 2.24) is 9.80 Å². The Hall–Kier alpha value is -1.98. The summed E-state index contributed by atoms with van der Waals surface area (Å²) >= 11 is 1.47. The predicted octanol–water partition coefficient (Wildman–Crippen LogP) is 3.54. The van der Waals surface area contributed by atoms with E-state index in [9.17, 15) is 9.59 Å². The highest BCUT2D eigenvalue weighted by Gasteiger charge is 2.33. The number of carbonyl (C=O) groups excluding carboxylic acids is 2. The van der Waals surface area contributed by atoms with Gasteiger partial charge in [0.2, 0.25) is 5.91 Å². The maximum atomic E-state index is 12.7. The van der Waals surface area contributed by atoms with Crippen LogP contribution in [0.3, 0.4) is 0 Å². The van der Waals surface area contributed by atoms with Gasteiger partial charge in [0.05, 0.1) is 10.9 Å². The van der Waals surface area contributed by atoms with Crippen molar-refractivity contribution in [2.75, 3.05) is 26.2 Å². The van der Waals surface area contributed by atoms with E-state index in [4.69, 9.17) is 0 Å². The van der Waals surface area contributed by atoms with Crippen molar-refractivity contribution in [2.24, 2.45) is 0 Å². The first-order valence-corrected chi connectivity index (χ1v) is 10.3. The summed E-state index contributed by atoms with van der Waals surface area (Å²) in [6, 6.07) is 12.7. The number of hydrogen-bond acceptors (Lipinski definition) is 4. The number of amides is 1. The molecule has 4 nitrogen and oxygen atoms in total. The van der Waals surface area contributed by atoms with Crippen LogP contribution in [0.1, 0.15) is 46.1 Å². The lowest BCUT2D eigenvalue weighted by molar-refractivity contribution is -0.134. The van der Waals surface area contributed by atoms with Crippen LogP contribution in [-0.4, -0.2) is 47.7 Å². The molecule has 0 radical (unpaired) electrons. The smallest absolute Gasteiger partial charge is 0.222 e. The number of piperazine rings is 1. The van der Waals surface area contributed by atoms with Gasteiger partial charge in [-0.25, -0.2) is 0 Å². The van der Waals surface area contributed by atoms with Gasteiger partial charge in [-0.15, -0.1) is 11.3 Å². The number of ketones is 1. The number of carbonyl (C=O) groups is 2. The third kappa shape index (κ3) is 3.60. The van der Waals surface area contributed by atoms with Crippen molar-refractivity contribution in [3.05, 3.63) is 57.8 Å². The number of thiophene rings is 1. The van der Waals surface area contributed by atoms with Crippen molar-refractivity contribution in [1.29, 1.82) is 0 Å². The maximum absolute atomic E-state index is 12.7. The zero-order valence-corrected chi connectivity index (χ0v) is 15.7. The lowest BCUT2D eigenvalue weighted by Gasteiger charge is -2.45. The lowest BCUT2D eigenvalue weighted by Crippen LogP contribution is -2.52. The Kier molecular flexibility index (Phi) is 5.18. The molecule has 0 saturated carbocycles. The minimum Gasteiger partial charge on any atom is -0.339 e. The fourth-order valence-electron chi connectivity index (χ4n) is 4.08. The van der Waals surface area contributed by atoms with E-state index in [1.807, 2.05) is 22.4 Å². The van der Waals surface area contributed by atoms with Gasteiger partial charge in [-0.3, -0.25) is 14.5 Å². The van der Waals surface area contributed by atoms with Gasteiger partial charge in [-0.05, 0) is 35.4 Å². The number of Topliss-reactive ketones (excluding diaryl/α,β-unsaturated/α-hetero) is 1. The van der Waals surface area contributed by atoms with E-state index < -0.39 is 0 Å². The Morgan fingerprint density at radius 1 is 1.04 bits per heavy atom. The second kappa shape index (κ2) is 7.72. The van der Waals surface area contributed by atoms with Crippen LogP contribution in [-0.2, 0) is 11.2 Å². The van der Waals surface area contributed by atoms with Gasteiger partial charge in [-0.2, -0.15) is 0 Å². The van der Waals surface area contributed by atoms with Crippen molar-refractivity contribution in [2.45, 2.75) is 31.7 Å². The van der Waals surface area contributed by atoms with Crippen molar-refractivity contribution < 1.29 is 9.59 Å². The molecule has 5 heteroatoms. The summed E-state index contributed by atoms with van der Waals surface area (Å²) in [6.45, 7) is 3.60. The van der Waals surface area contributed by atoms with E-state index in [1.165, 1.54) is 22.5 Å². The molecule has 1 atom stereocenters. The first kappa shape index (κ1) is 17.4. The largest absolute Gasteiger partial charge is 0.339 e. The van der Waals surface area contributed by atoms with Crippen molar-refractivity contribution >= 4 is 23.0 Å². The number of hydrogen-bond donors (Lipinski definition) is 0. The molecule has 3 heterocycles. The van der Waals surface area contributed by atoms with E-state index in [0.717, 1.165) is 37.5 Å². The monoisotopic (exact) mass is 368 g/mol. The second-order valence-electron chi connectivity index (χ2n) is 7.09. The van der Waals surface area contributed by atoms with Crippen molar-refractivity contribution in [3.63, 3.8) is 0 Å². The highest BCUT2D eigenvalue weighted by atomic mass is 32.1. The highest BCUT2D eigenvalue weighted by molar-refractivity contribution is 7.12. The Bertz CT molecular complexity index is 787. The van der Waals surface area contributed by atoms with Gasteiger partial charge < -0.3 is 4.90 Å². The van der Waals surface area contributed by atoms with Crippen molar-refractivity contribution in [3.8, 4) is 0 Å². The quantitative estimate of drug-likeness (QED) is 0.758. The van der Waals surface area contributed by atoms with Crippen LogP contribution in [0.15, 0.2) is 41.8 Å². The fraction of sp³-hybridized carbons (Fsp3) is 0.429. The summed E-state index contributed by atoms with van der Waals surface area (Å²) in [5, 5.41) is 1.92. The molecule has 0 N–H and O–H groups in total. The topological polar surface area (TPSA) is 40.6 Å². The molecule has 1 amide bonds. The molecule has 26 heavy (non-hydrogen) atoms. The van der Waals surface area contributed by atoms with Crippen LogP contribution in [0.25, 0.3) is 0 Å². The van der Waals surface area contributed by atoms with Crippen LogP contribution < -0.4 is 0 Å². The first-order chi connectivity index (χ1) is 12.7. The molecule has 0 aliphatic carbocycles. The molecule has 136 valence electrons. The fourth-order valence-corrected chi connectivity index (χ4v) is 4.77. The van der Waals surface area contributed by atoms with E-state index in [-0.39, 0.29) is 11.7 Å². The minimum absolute atomic E-state index is 0.152. The Labute approximate surface area is 158 Å². The summed E-state index contributed by atoms with van der Waals surface area (Å²) in [4.78, 5) is 30.0. The molecule has 2 aromatic rings. The van der Waals surface area contributed by atoms with E-state index >= 15 is 0 Å². The number of fused-ring (bicyclic) bond motifs is 3. The highest BCUT2D eigenvalue weighted by Crippen LogP contribution is 2.32. The summed E-state index contributed by atoms with van der Waals surface area (Å²) in [5.41, 5.74) is 2.80. The predicted molar refractivity (Wildman–Crippen MR) is 104 cm³/mol. The van der Waals surface area contributed by atoms with E-state index in [2.05, 4.69) is 29.2 Å². The van der Waals surface area contributed by atoms with Crippen LogP contribution in [0, 0.1) is 0 Å². The molecular weight excluding hydrogens is 344 g/mol. The maximum Gasteiger partial charge on any atom is 0.222 e. The molecule has 0 spiro atoms. The SMILES string of the molecule is O=C(CCCC(=O)N1CCN2CCc3ccccc3C2C1)c1cccs1. The van der Waals surface area contributed by atoms with Crippen LogP contribution >= 0.6 is 11.3 Å². The summed E-state index contributed by atoms with van der Waals surface area (Å²) in [7, 11) is 0. The van der Waals surface area contributed by atoms with E-state index in [1.54, 1.807) is 0 Å². The Balaban J connectivity index is 1.33. The van der Waals surface area contributed by atoms with Gasteiger partial charge in [0.1, 0.15) is 0 Å². The lowest BCUT2D eigenvalue weighted by atomic mass is 9.91. The average molecular weight is 369 g/mol. The van der Waals surface area contributed by atoms with Crippen LogP contribution in [0.2, 0.25) is 0 Å². The van der Waals surface area contributed by atoms with E-state index in [0.29, 0.717) is 25.3 Å². The third-order valence-electron chi connectivity index (χ3n) is 5.52. The summed E-state index contributed by atoms with van der Waals surface area (Å²) in [5.74, 6) is 0.338. The molecule has 2 aliphatic heterocycles. The third-order valence-corrected chi connectivity index (χ3v) is 6.43. The average Bonchev–Trinajstić information content (AvgIpc) is 3.22. The van der Waals surface area contributed by atoms with Crippen LogP contribution in [0.5, 0.6) is 0 Å². The van der Waals surface area contributed by atoms with Gasteiger partial charge in [0.25, 0.3) is 0 Å².